The van der Waals surface area contributed by atoms with Gasteiger partial charge in [-0.05, 0) is 50.3 Å². The first-order valence-corrected chi connectivity index (χ1v) is 10.8. The molecule has 2 aliphatic heterocycles. The molecule has 0 radical (unpaired) electrons. The molecule has 0 spiro atoms. The lowest BCUT2D eigenvalue weighted by molar-refractivity contribution is -0.0262. The first kappa shape index (κ1) is 20.5. The van der Waals surface area contributed by atoms with E-state index in [1.165, 1.54) is 38.8 Å². The van der Waals surface area contributed by atoms with Crippen LogP contribution in [-0.4, -0.2) is 54.1 Å². The molecule has 2 aliphatic rings. The minimum absolute atomic E-state index is 0.103. The van der Waals surface area contributed by atoms with Gasteiger partial charge in [0.15, 0.2) is 0 Å². The van der Waals surface area contributed by atoms with E-state index in [2.05, 4.69) is 37.5 Å². The second-order valence-corrected chi connectivity index (χ2v) is 9.08. The van der Waals surface area contributed by atoms with Crippen LogP contribution in [0, 0.1) is 5.41 Å². The molecule has 1 aromatic rings. The van der Waals surface area contributed by atoms with Crippen molar-refractivity contribution in [1.29, 1.82) is 0 Å². The van der Waals surface area contributed by atoms with Crippen LogP contribution in [0.1, 0.15) is 53.4 Å². The number of halogens is 1. The number of benzene rings is 1. The maximum absolute atomic E-state index is 13.1. The fourth-order valence-electron chi connectivity index (χ4n) is 5.24. The largest absolute Gasteiger partial charge is 0.325 e. The van der Waals surface area contributed by atoms with Gasteiger partial charge in [0.2, 0.25) is 0 Å². The molecule has 2 unspecified atom stereocenters. The predicted molar refractivity (Wildman–Crippen MR) is 114 cm³/mol. The molecular formula is C22H34ClN3O. The normalized spacial score (nSPS) is 23.6. The zero-order chi connectivity index (χ0) is 19.6. The van der Waals surface area contributed by atoms with Crippen LogP contribution in [-0.2, 0) is 0 Å². The molecule has 0 aromatic heterocycles. The van der Waals surface area contributed by atoms with E-state index in [0.29, 0.717) is 10.4 Å². The summed E-state index contributed by atoms with van der Waals surface area (Å²) in [4.78, 5) is 19.5. The van der Waals surface area contributed by atoms with Gasteiger partial charge in [-0.2, -0.15) is 0 Å². The van der Waals surface area contributed by atoms with Gasteiger partial charge in [-0.25, -0.2) is 4.79 Å². The molecule has 1 aromatic carbocycles. The van der Waals surface area contributed by atoms with Crippen molar-refractivity contribution in [3.8, 4) is 0 Å². The lowest BCUT2D eigenvalue weighted by Gasteiger charge is -2.52. The molecule has 4 nitrogen and oxygen atoms in total. The Morgan fingerprint density at radius 1 is 1.22 bits per heavy atom. The third kappa shape index (κ3) is 4.27. The smallest absolute Gasteiger partial charge is 0.316 e. The maximum atomic E-state index is 13.1. The summed E-state index contributed by atoms with van der Waals surface area (Å²) >= 11 is 6.12. The van der Waals surface area contributed by atoms with Gasteiger partial charge < -0.3 is 9.80 Å². The summed E-state index contributed by atoms with van der Waals surface area (Å²) in [7, 11) is 0. The Labute approximate surface area is 169 Å². The molecule has 0 aliphatic carbocycles. The van der Waals surface area contributed by atoms with Gasteiger partial charge in [0, 0.05) is 49.0 Å². The highest BCUT2D eigenvalue weighted by atomic mass is 35.5. The van der Waals surface area contributed by atoms with E-state index in [-0.39, 0.29) is 18.1 Å². The van der Waals surface area contributed by atoms with E-state index in [1.54, 1.807) is 0 Å². The average molecular weight is 392 g/mol. The molecule has 27 heavy (non-hydrogen) atoms. The van der Waals surface area contributed by atoms with Gasteiger partial charge in [-0.3, -0.25) is 4.90 Å². The van der Waals surface area contributed by atoms with Crippen LogP contribution in [0.15, 0.2) is 24.3 Å². The summed E-state index contributed by atoms with van der Waals surface area (Å²) < 4.78 is 0. The predicted octanol–water partition coefficient (Wildman–Crippen LogP) is 5.26. The van der Waals surface area contributed by atoms with Gasteiger partial charge in [-0.1, -0.05) is 44.4 Å². The summed E-state index contributed by atoms with van der Waals surface area (Å²) in [6.45, 7) is 13.0. The van der Waals surface area contributed by atoms with Crippen LogP contribution in [0.2, 0.25) is 5.02 Å². The van der Waals surface area contributed by atoms with E-state index in [9.17, 15) is 4.79 Å². The van der Waals surface area contributed by atoms with Crippen molar-refractivity contribution in [1.82, 2.24) is 9.80 Å². The van der Waals surface area contributed by atoms with Gasteiger partial charge in [0.1, 0.15) is 0 Å². The lowest BCUT2D eigenvalue weighted by Crippen LogP contribution is -2.59. The first-order chi connectivity index (χ1) is 12.9. The maximum Gasteiger partial charge on any atom is 0.325 e. The molecule has 2 heterocycles. The van der Waals surface area contributed by atoms with Crippen molar-refractivity contribution in [3.63, 3.8) is 0 Å². The average Bonchev–Trinajstić information content (AvgIpc) is 2.88. The SMILES string of the molecule is CCCC1(CCC)CN(CC(C)N2C(=O)N(c3cccc(Cl)c3)CC2C)C1. The monoisotopic (exact) mass is 391 g/mol. The Morgan fingerprint density at radius 3 is 2.48 bits per heavy atom. The number of hydrogen-bond acceptors (Lipinski definition) is 2. The van der Waals surface area contributed by atoms with E-state index < -0.39 is 0 Å². The third-order valence-corrected chi connectivity index (χ3v) is 6.40. The number of urea groups is 1. The molecular weight excluding hydrogens is 358 g/mol. The number of rotatable bonds is 8. The number of amides is 2. The molecule has 5 heteroatoms. The standard InChI is InChI=1S/C22H34ClN3O/c1-5-10-22(11-6-2)15-24(16-22)13-17(3)26-18(4)14-25(21(26)27)20-9-7-8-19(23)12-20/h7-9,12,17-18H,5-6,10-11,13-16H2,1-4H3. The van der Waals surface area contributed by atoms with Crippen LogP contribution in [0.4, 0.5) is 10.5 Å². The Balaban J connectivity index is 1.60. The third-order valence-electron chi connectivity index (χ3n) is 6.17. The van der Waals surface area contributed by atoms with Crippen LogP contribution >= 0.6 is 11.6 Å². The second kappa shape index (κ2) is 8.40. The van der Waals surface area contributed by atoms with Crippen molar-refractivity contribution in [2.45, 2.75) is 65.5 Å². The Bertz CT molecular complexity index is 651. The molecule has 2 atom stereocenters. The van der Waals surface area contributed by atoms with Gasteiger partial charge >= 0.3 is 6.03 Å². The lowest BCUT2D eigenvalue weighted by atomic mass is 9.72. The highest BCUT2D eigenvalue weighted by Gasteiger charge is 2.44. The number of likely N-dealkylation sites (tertiary alicyclic amines) is 1. The van der Waals surface area contributed by atoms with Crippen molar-refractivity contribution < 1.29 is 4.79 Å². The zero-order valence-corrected chi connectivity index (χ0v) is 18.0. The molecule has 0 N–H and O–H groups in total. The van der Waals surface area contributed by atoms with Gasteiger partial charge in [0.05, 0.1) is 0 Å². The fourth-order valence-corrected chi connectivity index (χ4v) is 5.42. The molecule has 0 saturated carbocycles. The van der Waals surface area contributed by atoms with E-state index >= 15 is 0 Å². The highest BCUT2D eigenvalue weighted by Crippen LogP contribution is 2.40. The molecule has 3 rings (SSSR count). The van der Waals surface area contributed by atoms with E-state index in [4.69, 9.17) is 11.6 Å². The summed E-state index contributed by atoms with van der Waals surface area (Å²) in [6.07, 6.45) is 5.18. The topological polar surface area (TPSA) is 26.8 Å². The van der Waals surface area contributed by atoms with Crippen molar-refractivity contribution in [3.05, 3.63) is 29.3 Å². The van der Waals surface area contributed by atoms with Crippen LogP contribution < -0.4 is 4.90 Å². The van der Waals surface area contributed by atoms with Gasteiger partial charge in [0.25, 0.3) is 0 Å². The molecule has 2 fully saturated rings. The van der Waals surface area contributed by atoms with Crippen LogP contribution in [0.25, 0.3) is 0 Å². The Kier molecular flexibility index (Phi) is 6.37. The quantitative estimate of drug-likeness (QED) is 0.604. The number of hydrogen-bond donors (Lipinski definition) is 0. The van der Waals surface area contributed by atoms with Crippen molar-refractivity contribution >= 4 is 23.3 Å². The number of anilines is 1. The van der Waals surface area contributed by atoms with E-state index in [0.717, 1.165) is 18.8 Å². The van der Waals surface area contributed by atoms with Crippen molar-refractivity contribution in [2.24, 2.45) is 5.41 Å². The summed E-state index contributed by atoms with van der Waals surface area (Å²) in [5.74, 6) is 0. The summed E-state index contributed by atoms with van der Waals surface area (Å²) in [5.41, 5.74) is 1.42. The highest BCUT2D eigenvalue weighted by molar-refractivity contribution is 6.30. The fraction of sp³-hybridized carbons (Fsp3) is 0.682. The van der Waals surface area contributed by atoms with E-state index in [1.807, 2.05) is 29.2 Å². The molecule has 0 bridgehead atoms. The molecule has 150 valence electrons. The number of nitrogens with zero attached hydrogens (tertiary/aromatic N) is 3. The molecule has 2 amide bonds. The van der Waals surface area contributed by atoms with Gasteiger partial charge in [-0.15, -0.1) is 0 Å². The van der Waals surface area contributed by atoms with Crippen LogP contribution in [0.3, 0.4) is 0 Å². The molecule has 2 saturated heterocycles. The number of carbonyl (C=O) groups excluding carboxylic acids is 1. The summed E-state index contributed by atoms with van der Waals surface area (Å²) in [6, 6.07) is 8.12. The minimum Gasteiger partial charge on any atom is -0.316 e. The Hall–Kier alpha value is -1.26. The number of carbonyl (C=O) groups is 1. The second-order valence-electron chi connectivity index (χ2n) is 8.65. The minimum atomic E-state index is 0.103. The van der Waals surface area contributed by atoms with Crippen molar-refractivity contribution in [2.75, 3.05) is 31.1 Å². The first-order valence-electron chi connectivity index (χ1n) is 10.5. The Morgan fingerprint density at radius 2 is 1.89 bits per heavy atom. The summed E-state index contributed by atoms with van der Waals surface area (Å²) in [5, 5.41) is 0.670. The van der Waals surface area contributed by atoms with Crippen LogP contribution in [0.5, 0.6) is 0 Å². The zero-order valence-electron chi connectivity index (χ0n) is 17.2.